The maximum absolute atomic E-state index is 13.3. The summed E-state index contributed by atoms with van der Waals surface area (Å²) in [4.78, 5) is 19.4. The molecule has 208 valence electrons. The van der Waals surface area contributed by atoms with Crippen molar-refractivity contribution < 1.29 is 19.4 Å². The molecule has 0 unspecified atom stereocenters. The fourth-order valence-electron chi connectivity index (χ4n) is 4.88. The Balaban J connectivity index is 1.50. The molecule has 7 nitrogen and oxygen atoms in total. The van der Waals surface area contributed by atoms with Crippen molar-refractivity contribution in [2.24, 2.45) is 5.92 Å². The van der Waals surface area contributed by atoms with Crippen LogP contribution in [0.25, 0.3) is 0 Å². The molecule has 1 aliphatic heterocycles. The SMILES string of the molecule is C[C@H](CO)N1C[C@H](C)[C@@H](CN(C)Cc2ccc(Oc3ccccc3)cc2)Oc2ccc(N(C)C)cc2CC1=O. The van der Waals surface area contributed by atoms with Crippen LogP contribution in [0, 0.1) is 5.92 Å². The number of ether oxygens (including phenoxy) is 2. The molecule has 0 spiro atoms. The van der Waals surface area contributed by atoms with Crippen LogP contribution in [0.2, 0.25) is 0 Å². The first-order valence-corrected chi connectivity index (χ1v) is 13.6. The number of benzene rings is 3. The van der Waals surface area contributed by atoms with Gasteiger partial charge in [0, 0.05) is 50.9 Å². The number of carbonyl (C=O) groups excluding carboxylic acids is 1. The quantitative estimate of drug-likeness (QED) is 0.427. The minimum atomic E-state index is -0.256. The number of hydrogen-bond donors (Lipinski definition) is 1. The fraction of sp³-hybridized carbons (Fsp3) is 0.406. The van der Waals surface area contributed by atoms with Gasteiger partial charge in [0.2, 0.25) is 5.91 Å². The Morgan fingerprint density at radius 1 is 1.03 bits per heavy atom. The summed E-state index contributed by atoms with van der Waals surface area (Å²) >= 11 is 0. The molecule has 1 aliphatic rings. The first-order chi connectivity index (χ1) is 18.7. The van der Waals surface area contributed by atoms with Gasteiger partial charge in [-0.15, -0.1) is 0 Å². The lowest BCUT2D eigenvalue weighted by atomic mass is 10.0. The summed E-state index contributed by atoms with van der Waals surface area (Å²) in [5.41, 5.74) is 3.07. The van der Waals surface area contributed by atoms with Gasteiger partial charge < -0.3 is 24.4 Å². The van der Waals surface area contributed by atoms with Gasteiger partial charge in [0.1, 0.15) is 23.4 Å². The van der Waals surface area contributed by atoms with Crippen LogP contribution >= 0.6 is 0 Å². The minimum absolute atomic E-state index is 0.0102. The van der Waals surface area contributed by atoms with Crippen LogP contribution in [0.4, 0.5) is 5.69 Å². The molecule has 0 fully saturated rings. The molecule has 3 aromatic carbocycles. The second kappa shape index (κ2) is 13.0. The third-order valence-electron chi connectivity index (χ3n) is 7.26. The van der Waals surface area contributed by atoms with E-state index in [1.807, 2.05) is 91.5 Å². The van der Waals surface area contributed by atoms with E-state index in [1.54, 1.807) is 0 Å². The van der Waals surface area contributed by atoms with Crippen LogP contribution in [0.1, 0.15) is 25.0 Å². The monoisotopic (exact) mass is 531 g/mol. The predicted molar refractivity (Wildman–Crippen MR) is 156 cm³/mol. The topological polar surface area (TPSA) is 65.5 Å². The fourth-order valence-corrected chi connectivity index (χ4v) is 4.88. The number of likely N-dealkylation sites (N-methyl/N-ethyl adjacent to an activating group) is 1. The summed E-state index contributed by atoms with van der Waals surface area (Å²) in [5.74, 6) is 2.44. The number of carbonyl (C=O) groups is 1. The molecule has 0 bridgehead atoms. The molecular formula is C32H41N3O4. The molecule has 0 aliphatic carbocycles. The Kier molecular flexibility index (Phi) is 9.49. The molecule has 0 aromatic heterocycles. The normalized spacial score (nSPS) is 18.4. The number of aliphatic hydroxyl groups is 1. The minimum Gasteiger partial charge on any atom is -0.488 e. The van der Waals surface area contributed by atoms with Gasteiger partial charge in [-0.1, -0.05) is 37.3 Å². The van der Waals surface area contributed by atoms with Gasteiger partial charge >= 0.3 is 0 Å². The molecule has 4 rings (SSSR count). The zero-order chi connectivity index (χ0) is 27.9. The van der Waals surface area contributed by atoms with Gasteiger partial charge in [-0.25, -0.2) is 0 Å². The average molecular weight is 532 g/mol. The summed E-state index contributed by atoms with van der Waals surface area (Å²) < 4.78 is 12.6. The number of anilines is 1. The van der Waals surface area contributed by atoms with E-state index in [2.05, 4.69) is 31.0 Å². The van der Waals surface area contributed by atoms with Crippen molar-refractivity contribution in [1.29, 1.82) is 0 Å². The highest BCUT2D eigenvalue weighted by molar-refractivity contribution is 5.80. The van der Waals surface area contributed by atoms with Crippen molar-refractivity contribution in [3.8, 4) is 17.2 Å². The van der Waals surface area contributed by atoms with Crippen LogP contribution in [0.5, 0.6) is 17.2 Å². The third kappa shape index (κ3) is 7.52. The van der Waals surface area contributed by atoms with Crippen LogP contribution in [0.15, 0.2) is 72.8 Å². The number of amides is 1. The van der Waals surface area contributed by atoms with Crippen LogP contribution in [-0.2, 0) is 17.8 Å². The van der Waals surface area contributed by atoms with Crippen LogP contribution in [0.3, 0.4) is 0 Å². The second-order valence-corrected chi connectivity index (χ2v) is 10.8. The molecule has 0 radical (unpaired) electrons. The molecular weight excluding hydrogens is 490 g/mol. The summed E-state index contributed by atoms with van der Waals surface area (Å²) in [7, 11) is 6.06. The van der Waals surface area contributed by atoms with E-state index in [4.69, 9.17) is 9.47 Å². The average Bonchev–Trinajstić information content (AvgIpc) is 2.97. The predicted octanol–water partition coefficient (Wildman–Crippen LogP) is 4.83. The van der Waals surface area contributed by atoms with Gasteiger partial charge in [0.25, 0.3) is 0 Å². The standard InChI is InChI=1S/C32H41N3O4/c1-23-19-35(24(2)22-36)32(37)18-26-17-27(33(3)4)13-16-30(26)39-31(23)21-34(5)20-25-11-14-29(15-12-25)38-28-9-7-6-8-10-28/h6-17,23-24,31,36H,18-22H2,1-5H3/t23-,24+,31+/m0/s1. The Morgan fingerprint density at radius 3 is 2.38 bits per heavy atom. The zero-order valence-corrected chi connectivity index (χ0v) is 23.7. The molecule has 3 atom stereocenters. The lowest BCUT2D eigenvalue weighted by molar-refractivity contribution is -0.134. The van der Waals surface area contributed by atoms with Gasteiger partial charge in [0.15, 0.2) is 0 Å². The summed E-state index contributed by atoms with van der Waals surface area (Å²) in [6, 6.07) is 23.7. The van der Waals surface area contributed by atoms with E-state index in [9.17, 15) is 9.90 Å². The molecule has 0 saturated carbocycles. The van der Waals surface area contributed by atoms with Crippen LogP contribution in [-0.4, -0.2) is 73.8 Å². The number of aliphatic hydroxyl groups excluding tert-OH is 1. The van der Waals surface area contributed by atoms with E-state index >= 15 is 0 Å². The Morgan fingerprint density at radius 2 is 1.72 bits per heavy atom. The maximum Gasteiger partial charge on any atom is 0.227 e. The lowest BCUT2D eigenvalue weighted by Crippen LogP contribution is -2.47. The largest absolute Gasteiger partial charge is 0.488 e. The first-order valence-electron chi connectivity index (χ1n) is 13.6. The van der Waals surface area contributed by atoms with Gasteiger partial charge in [-0.05, 0) is 62.0 Å². The summed E-state index contributed by atoms with van der Waals surface area (Å²) in [5, 5.41) is 9.86. The smallest absolute Gasteiger partial charge is 0.227 e. The number of para-hydroxylation sites is 1. The van der Waals surface area contributed by atoms with Crippen molar-refractivity contribution in [2.75, 3.05) is 45.7 Å². The highest BCUT2D eigenvalue weighted by Crippen LogP contribution is 2.30. The summed E-state index contributed by atoms with van der Waals surface area (Å²) in [6.45, 7) is 5.91. The molecule has 1 heterocycles. The zero-order valence-electron chi connectivity index (χ0n) is 23.7. The lowest BCUT2D eigenvalue weighted by Gasteiger charge is -2.34. The molecule has 1 N–H and O–H groups in total. The molecule has 7 heteroatoms. The highest BCUT2D eigenvalue weighted by atomic mass is 16.5. The van der Waals surface area contributed by atoms with Gasteiger partial charge in [-0.2, -0.15) is 0 Å². The van der Waals surface area contributed by atoms with E-state index in [0.29, 0.717) is 13.1 Å². The van der Waals surface area contributed by atoms with E-state index in [1.165, 1.54) is 5.56 Å². The maximum atomic E-state index is 13.3. The highest BCUT2D eigenvalue weighted by Gasteiger charge is 2.31. The number of fused-ring (bicyclic) bond motifs is 1. The van der Waals surface area contributed by atoms with Crippen molar-refractivity contribution in [2.45, 2.75) is 39.0 Å². The second-order valence-electron chi connectivity index (χ2n) is 10.8. The van der Waals surface area contributed by atoms with Crippen molar-refractivity contribution in [1.82, 2.24) is 9.80 Å². The van der Waals surface area contributed by atoms with E-state index in [0.717, 1.165) is 35.0 Å². The number of hydrogen-bond acceptors (Lipinski definition) is 6. The third-order valence-corrected chi connectivity index (χ3v) is 7.26. The number of rotatable bonds is 9. The Labute approximate surface area is 232 Å². The molecule has 1 amide bonds. The number of nitrogens with zero attached hydrogens (tertiary/aromatic N) is 3. The van der Waals surface area contributed by atoms with Crippen LogP contribution < -0.4 is 14.4 Å². The van der Waals surface area contributed by atoms with E-state index < -0.39 is 0 Å². The van der Waals surface area contributed by atoms with Crippen molar-refractivity contribution in [3.63, 3.8) is 0 Å². The molecule has 0 saturated heterocycles. The molecule has 3 aromatic rings. The van der Waals surface area contributed by atoms with Crippen molar-refractivity contribution in [3.05, 3.63) is 83.9 Å². The Bertz CT molecular complexity index is 1220. The van der Waals surface area contributed by atoms with E-state index in [-0.39, 0.29) is 37.0 Å². The first kappa shape index (κ1) is 28.5. The van der Waals surface area contributed by atoms with Gasteiger partial charge in [0.05, 0.1) is 19.1 Å². The summed E-state index contributed by atoms with van der Waals surface area (Å²) in [6.07, 6.45) is 0.104. The van der Waals surface area contributed by atoms with Gasteiger partial charge in [-0.3, -0.25) is 9.69 Å². The molecule has 39 heavy (non-hydrogen) atoms. The van der Waals surface area contributed by atoms with Crippen molar-refractivity contribution >= 4 is 11.6 Å². The Hall–Kier alpha value is -3.55.